The maximum atomic E-state index is 12.3. The summed E-state index contributed by atoms with van der Waals surface area (Å²) in [7, 11) is -3.21. The molecule has 0 fully saturated rings. The topological polar surface area (TPSA) is 72.0 Å². The molecule has 0 bridgehead atoms. The largest absolute Gasteiger partial charge is 0.340 e. The van der Waals surface area contributed by atoms with Crippen molar-refractivity contribution in [2.75, 3.05) is 5.32 Å². The van der Waals surface area contributed by atoms with E-state index in [-0.39, 0.29) is 11.0 Å². The number of fused-ring (bicyclic) bond motifs is 1. The van der Waals surface area contributed by atoms with Gasteiger partial charge in [-0.3, -0.25) is 0 Å². The van der Waals surface area contributed by atoms with Gasteiger partial charge in [-0.2, -0.15) is 4.98 Å². The molecule has 2 aromatic heterocycles. The molecule has 3 rings (SSSR count). The van der Waals surface area contributed by atoms with Gasteiger partial charge in [0, 0.05) is 5.69 Å². The van der Waals surface area contributed by atoms with Gasteiger partial charge in [0.25, 0.3) is 0 Å². The van der Waals surface area contributed by atoms with Crippen LogP contribution in [-0.4, -0.2) is 23.1 Å². The Hall–Kier alpha value is -1.70. The van der Waals surface area contributed by atoms with E-state index in [1.165, 1.54) is 11.3 Å². The maximum Gasteiger partial charge on any atom is 0.225 e. The molecular formula is C17H18ClN3O2S2. The van der Waals surface area contributed by atoms with E-state index < -0.39 is 14.6 Å². The molecule has 0 saturated heterocycles. The molecule has 3 aromatic rings. The summed E-state index contributed by atoms with van der Waals surface area (Å²) < 4.78 is 23.8. The van der Waals surface area contributed by atoms with Crippen LogP contribution in [0.1, 0.15) is 26.3 Å². The fraction of sp³-hybridized carbons (Fsp3) is 0.294. The average molecular weight is 396 g/mol. The van der Waals surface area contributed by atoms with Crippen LogP contribution in [0.5, 0.6) is 0 Å². The Kier molecular flexibility index (Phi) is 4.74. The monoisotopic (exact) mass is 395 g/mol. The van der Waals surface area contributed by atoms with Crippen LogP contribution in [0.15, 0.2) is 35.7 Å². The second-order valence-corrected chi connectivity index (χ2v) is 10.6. The highest BCUT2D eigenvalue weighted by atomic mass is 35.5. The molecule has 8 heteroatoms. The number of anilines is 2. The van der Waals surface area contributed by atoms with Crippen molar-refractivity contribution < 1.29 is 8.42 Å². The van der Waals surface area contributed by atoms with Crippen LogP contribution in [0, 0.1) is 0 Å². The molecular weight excluding hydrogens is 378 g/mol. The zero-order chi connectivity index (χ0) is 18.2. The Morgan fingerprint density at radius 1 is 1.12 bits per heavy atom. The molecule has 132 valence electrons. The third-order valence-corrected chi connectivity index (χ3v) is 7.36. The lowest BCUT2D eigenvalue weighted by Crippen LogP contribution is -2.29. The molecule has 0 spiro atoms. The second-order valence-electron chi connectivity index (χ2n) is 6.67. The van der Waals surface area contributed by atoms with Gasteiger partial charge in [0.15, 0.2) is 9.84 Å². The van der Waals surface area contributed by atoms with E-state index in [1.807, 2.05) is 23.6 Å². The molecule has 2 heterocycles. The van der Waals surface area contributed by atoms with Crippen molar-refractivity contribution in [3.63, 3.8) is 0 Å². The predicted molar refractivity (Wildman–Crippen MR) is 105 cm³/mol. The normalized spacial score (nSPS) is 12.5. The van der Waals surface area contributed by atoms with Crippen LogP contribution in [0.2, 0.25) is 5.28 Å². The number of benzene rings is 1. The summed E-state index contributed by atoms with van der Waals surface area (Å²) >= 11 is 7.46. The number of halogens is 1. The quantitative estimate of drug-likeness (QED) is 0.642. The number of hydrogen-bond acceptors (Lipinski definition) is 6. The van der Waals surface area contributed by atoms with E-state index in [9.17, 15) is 8.42 Å². The SMILES string of the molecule is CC(C)(C)S(=O)(=O)Cc1ccc(Nc2nc(Cl)nc3sccc23)cc1. The summed E-state index contributed by atoms with van der Waals surface area (Å²) in [5, 5.41) is 6.23. The smallest absolute Gasteiger partial charge is 0.225 e. The van der Waals surface area contributed by atoms with Crippen LogP contribution in [-0.2, 0) is 15.6 Å². The van der Waals surface area contributed by atoms with Gasteiger partial charge in [-0.05, 0) is 61.5 Å². The van der Waals surface area contributed by atoms with E-state index in [0.29, 0.717) is 5.82 Å². The van der Waals surface area contributed by atoms with E-state index in [0.717, 1.165) is 21.5 Å². The molecule has 5 nitrogen and oxygen atoms in total. The van der Waals surface area contributed by atoms with Gasteiger partial charge in [0.05, 0.1) is 15.9 Å². The Morgan fingerprint density at radius 3 is 2.44 bits per heavy atom. The van der Waals surface area contributed by atoms with Crippen LogP contribution < -0.4 is 5.32 Å². The highest BCUT2D eigenvalue weighted by molar-refractivity contribution is 7.91. The fourth-order valence-electron chi connectivity index (χ4n) is 2.18. The minimum atomic E-state index is -3.21. The van der Waals surface area contributed by atoms with Crippen molar-refractivity contribution in [1.82, 2.24) is 9.97 Å². The maximum absolute atomic E-state index is 12.3. The summed E-state index contributed by atoms with van der Waals surface area (Å²) in [5.74, 6) is 0.650. The summed E-state index contributed by atoms with van der Waals surface area (Å²) in [6.07, 6.45) is 0. The van der Waals surface area contributed by atoms with Crippen LogP contribution >= 0.6 is 22.9 Å². The molecule has 0 aliphatic rings. The Labute approximate surface area is 156 Å². The van der Waals surface area contributed by atoms with Crippen LogP contribution in [0.25, 0.3) is 10.2 Å². The lowest BCUT2D eigenvalue weighted by molar-refractivity contribution is 0.559. The fourth-order valence-corrected chi connectivity index (χ4v) is 4.23. The van der Waals surface area contributed by atoms with Gasteiger partial charge in [-0.1, -0.05) is 12.1 Å². The van der Waals surface area contributed by atoms with Crippen molar-refractivity contribution >= 4 is 54.5 Å². The van der Waals surface area contributed by atoms with Gasteiger partial charge < -0.3 is 5.32 Å². The minimum absolute atomic E-state index is 0.0187. The standard InChI is InChI=1S/C17H18ClN3O2S2/c1-17(2,3)25(22,23)10-11-4-6-12(7-5-11)19-14-13-8-9-24-15(13)21-16(18)20-14/h4-9H,10H2,1-3H3,(H,19,20,21). The van der Waals surface area contributed by atoms with E-state index in [2.05, 4.69) is 15.3 Å². The number of aromatic nitrogens is 2. The molecule has 0 aliphatic heterocycles. The van der Waals surface area contributed by atoms with Gasteiger partial charge >= 0.3 is 0 Å². The Balaban J connectivity index is 1.82. The number of nitrogens with zero attached hydrogens (tertiary/aromatic N) is 2. The minimum Gasteiger partial charge on any atom is -0.340 e. The summed E-state index contributed by atoms with van der Waals surface area (Å²) in [5.41, 5.74) is 1.56. The van der Waals surface area contributed by atoms with Gasteiger partial charge in [0.2, 0.25) is 5.28 Å². The average Bonchev–Trinajstić information content (AvgIpc) is 2.96. The van der Waals surface area contributed by atoms with Crippen LogP contribution in [0.4, 0.5) is 11.5 Å². The van der Waals surface area contributed by atoms with E-state index in [1.54, 1.807) is 32.9 Å². The van der Waals surface area contributed by atoms with E-state index >= 15 is 0 Å². The van der Waals surface area contributed by atoms with Gasteiger partial charge in [-0.25, -0.2) is 13.4 Å². The highest BCUT2D eigenvalue weighted by Gasteiger charge is 2.28. The molecule has 0 unspecified atom stereocenters. The third kappa shape index (κ3) is 3.94. The summed E-state index contributed by atoms with van der Waals surface area (Å²) in [6, 6.07) is 9.21. The van der Waals surface area contributed by atoms with Crippen molar-refractivity contribution in [2.45, 2.75) is 31.3 Å². The number of sulfone groups is 1. The third-order valence-electron chi connectivity index (χ3n) is 3.80. The van der Waals surface area contributed by atoms with Crippen LogP contribution in [0.3, 0.4) is 0 Å². The number of nitrogens with one attached hydrogen (secondary N) is 1. The lowest BCUT2D eigenvalue weighted by Gasteiger charge is -2.19. The van der Waals surface area contributed by atoms with Crippen molar-refractivity contribution in [3.8, 4) is 0 Å². The molecule has 0 saturated carbocycles. The Bertz CT molecular complexity index is 1010. The van der Waals surface area contributed by atoms with Gasteiger partial charge in [0.1, 0.15) is 10.6 Å². The summed E-state index contributed by atoms with van der Waals surface area (Å²) in [4.78, 5) is 9.23. The second kappa shape index (κ2) is 6.55. The van der Waals surface area contributed by atoms with Crippen molar-refractivity contribution in [3.05, 3.63) is 46.6 Å². The molecule has 1 N–H and O–H groups in total. The zero-order valence-electron chi connectivity index (χ0n) is 14.1. The Morgan fingerprint density at radius 2 is 1.80 bits per heavy atom. The first-order chi connectivity index (χ1) is 11.7. The summed E-state index contributed by atoms with van der Waals surface area (Å²) in [6.45, 7) is 5.13. The predicted octanol–water partition coefficient (Wildman–Crippen LogP) is 4.80. The van der Waals surface area contributed by atoms with Crippen molar-refractivity contribution in [2.24, 2.45) is 0 Å². The van der Waals surface area contributed by atoms with Crippen molar-refractivity contribution in [1.29, 1.82) is 0 Å². The molecule has 0 aliphatic carbocycles. The molecule has 0 atom stereocenters. The molecule has 1 aromatic carbocycles. The van der Waals surface area contributed by atoms with Gasteiger partial charge in [-0.15, -0.1) is 11.3 Å². The lowest BCUT2D eigenvalue weighted by atomic mass is 10.2. The zero-order valence-corrected chi connectivity index (χ0v) is 16.5. The number of rotatable bonds is 4. The first-order valence-electron chi connectivity index (χ1n) is 7.65. The molecule has 0 amide bonds. The first-order valence-corrected chi connectivity index (χ1v) is 10.6. The number of hydrogen-bond donors (Lipinski definition) is 1. The number of thiophene rings is 1. The van der Waals surface area contributed by atoms with E-state index in [4.69, 9.17) is 11.6 Å². The first kappa shape index (κ1) is 18.1. The molecule has 0 radical (unpaired) electrons. The highest BCUT2D eigenvalue weighted by Crippen LogP contribution is 2.29. The molecule has 25 heavy (non-hydrogen) atoms.